The van der Waals surface area contributed by atoms with Gasteiger partial charge in [-0.25, -0.2) is 9.78 Å². The van der Waals surface area contributed by atoms with Gasteiger partial charge < -0.3 is 15.0 Å². The Labute approximate surface area is 154 Å². The first kappa shape index (κ1) is 18.2. The van der Waals surface area contributed by atoms with E-state index in [0.717, 1.165) is 44.7 Å². The predicted octanol–water partition coefficient (Wildman–Crippen LogP) is 2.16. The maximum atomic E-state index is 12.4. The number of hydrogen-bond acceptors (Lipinski definition) is 4. The maximum absolute atomic E-state index is 12.4. The molecule has 1 aliphatic heterocycles. The van der Waals surface area contributed by atoms with Crippen LogP contribution in [0.15, 0.2) is 48.7 Å². The van der Waals surface area contributed by atoms with Gasteiger partial charge in [0.1, 0.15) is 0 Å². The minimum atomic E-state index is -0.0291. The number of aromatic nitrogens is 1. The average Bonchev–Trinajstić information content (AvgIpc) is 2.72. The van der Waals surface area contributed by atoms with Gasteiger partial charge >= 0.3 is 6.03 Å². The molecule has 1 fully saturated rings. The van der Waals surface area contributed by atoms with E-state index >= 15 is 0 Å². The normalized spacial score (nSPS) is 14.9. The number of ether oxygens (including phenoxy) is 1. The fourth-order valence-corrected chi connectivity index (χ4v) is 3.13. The summed E-state index contributed by atoms with van der Waals surface area (Å²) >= 11 is 0. The lowest BCUT2D eigenvalue weighted by molar-refractivity contribution is 0.140. The van der Waals surface area contributed by atoms with Crippen LogP contribution in [0, 0.1) is 0 Å². The molecule has 26 heavy (non-hydrogen) atoms. The largest absolute Gasteiger partial charge is 0.481 e. The monoisotopic (exact) mass is 354 g/mol. The summed E-state index contributed by atoms with van der Waals surface area (Å²) in [5.74, 6) is 0.554. The number of nitrogens with one attached hydrogen (secondary N) is 1. The van der Waals surface area contributed by atoms with Crippen LogP contribution in [-0.4, -0.2) is 60.6 Å². The molecule has 2 heterocycles. The van der Waals surface area contributed by atoms with E-state index in [2.05, 4.69) is 39.5 Å². The van der Waals surface area contributed by atoms with Crippen molar-refractivity contribution in [3.63, 3.8) is 0 Å². The van der Waals surface area contributed by atoms with Gasteiger partial charge in [0.15, 0.2) is 0 Å². The van der Waals surface area contributed by atoms with Crippen LogP contribution in [-0.2, 0) is 13.0 Å². The van der Waals surface area contributed by atoms with Crippen molar-refractivity contribution >= 4 is 6.03 Å². The second kappa shape index (κ2) is 9.20. The lowest BCUT2D eigenvalue weighted by Crippen LogP contribution is -2.51. The molecule has 0 radical (unpaired) electrons. The summed E-state index contributed by atoms with van der Waals surface area (Å²) in [7, 11) is 1.59. The Bertz CT molecular complexity index is 700. The second-order valence-electron chi connectivity index (χ2n) is 6.39. The van der Waals surface area contributed by atoms with Crippen LogP contribution in [0.2, 0.25) is 0 Å². The van der Waals surface area contributed by atoms with Crippen molar-refractivity contribution in [2.24, 2.45) is 0 Å². The Balaban J connectivity index is 1.40. The third-order valence-electron chi connectivity index (χ3n) is 4.69. The van der Waals surface area contributed by atoms with E-state index in [4.69, 9.17) is 4.74 Å². The fraction of sp³-hybridized carbons (Fsp3) is 0.400. The molecule has 138 valence electrons. The highest BCUT2D eigenvalue weighted by molar-refractivity contribution is 5.74. The van der Waals surface area contributed by atoms with E-state index in [1.54, 1.807) is 13.3 Å². The first-order valence-corrected chi connectivity index (χ1v) is 9.03. The molecule has 6 nitrogen and oxygen atoms in total. The van der Waals surface area contributed by atoms with Gasteiger partial charge in [-0.15, -0.1) is 0 Å². The summed E-state index contributed by atoms with van der Waals surface area (Å²) in [6.45, 7) is 4.79. The summed E-state index contributed by atoms with van der Waals surface area (Å²) in [6, 6.07) is 14.3. The van der Waals surface area contributed by atoms with Crippen LogP contribution >= 0.6 is 0 Å². The van der Waals surface area contributed by atoms with Gasteiger partial charge in [-0.05, 0) is 18.1 Å². The van der Waals surface area contributed by atoms with Gasteiger partial charge in [0, 0.05) is 51.0 Å². The standard InChI is InChI=1S/C20H26N4O2/c1-26-19-18(8-5-10-21-19)16-22-20(25)24-14-12-23(13-15-24)11-9-17-6-3-2-4-7-17/h2-8,10H,9,11-16H2,1H3,(H,22,25). The molecule has 2 amide bonds. The molecule has 0 aliphatic carbocycles. The van der Waals surface area contributed by atoms with Gasteiger partial charge in [-0.3, -0.25) is 4.90 Å². The van der Waals surface area contributed by atoms with Crippen LogP contribution in [0.3, 0.4) is 0 Å². The van der Waals surface area contributed by atoms with E-state index < -0.39 is 0 Å². The van der Waals surface area contributed by atoms with Crippen LogP contribution < -0.4 is 10.1 Å². The number of amides is 2. The van der Waals surface area contributed by atoms with Crippen LogP contribution in [0.25, 0.3) is 0 Å². The van der Waals surface area contributed by atoms with Gasteiger partial charge in [0.2, 0.25) is 5.88 Å². The summed E-state index contributed by atoms with van der Waals surface area (Å²) in [6.07, 6.45) is 2.73. The van der Waals surface area contributed by atoms with Crippen LogP contribution in [0.5, 0.6) is 5.88 Å². The minimum Gasteiger partial charge on any atom is -0.481 e. The predicted molar refractivity (Wildman–Crippen MR) is 101 cm³/mol. The molecule has 1 saturated heterocycles. The number of urea groups is 1. The van der Waals surface area contributed by atoms with E-state index in [1.807, 2.05) is 23.1 Å². The molecular formula is C20H26N4O2. The molecular weight excluding hydrogens is 328 g/mol. The van der Waals surface area contributed by atoms with Crippen molar-refractivity contribution in [3.05, 3.63) is 59.8 Å². The molecule has 1 N–H and O–H groups in total. The molecule has 1 aromatic heterocycles. The van der Waals surface area contributed by atoms with Crippen molar-refractivity contribution in [1.29, 1.82) is 0 Å². The second-order valence-corrected chi connectivity index (χ2v) is 6.39. The quantitative estimate of drug-likeness (QED) is 0.864. The van der Waals surface area contributed by atoms with Crippen molar-refractivity contribution in [2.45, 2.75) is 13.0 Å². The number of pyridine rings is 1. The van der Waals surface area contributed by atoms with E-state index in [0.29, 0.717) is 12.4 Å². The van der Waals surface area contributed by atoms with Crippen LogP contribution in [0.4, 0.5) is 4.79 Å². The van der Waals surface area contributed by atoms with Crippen molar-refractivity contribution in [1.82, 2.24) is 20.1 Å². The van der Waals surface area contributed by atoms with Crippen molar-refractivity contribution in [3.8, 4) is 5.88 Å². The summed E-state index contributed by atoms with van der Waals surface area (Å²) < 4.78 is 5.22. The summed E-state index contributed by atoms with van der Waals surface area (Å²) in [4.78, 5) is 20.8. The zero-order valence-electron chi connectivity index (χ0n) is 15.2. The number of nitrogens with zero attached hydrogens (tertiary/aromatic N) is 3. The first-order valence-electron chi connectivity index (χ1n) is 9.03. The minimum absolute atomic E-state index is 0.0291. The van der Waals surface area contributed by atoms with E-state index in [1.165, 1.54) is 5.56 Å². The van der Waals surface area contributed by atoms with Crippen molar-refractivity contribution in [2.75, 3.05) is 39.8 Å². The third kappa shape index (κ3) is 4.95. The fourth-order valence-electron chi connectivity index (χ4n) is 3.13. The number of benzene rings is 1. The molecule has 3 rings (SSSR count). The Kier molecular flexibility index (Phi) is 6.44. The highest BCUT2D eigenvalue weighted by Gasteiger charge is 2.20. The van der Waals surface area contributed by atoms with Gasteiger partial charge in [-0.1, -0.05) is 36.4 Å². The third-order valence-corrected chi connectivity index (χ3v) is 4.69. The molecule has 6 heteroatoms. The average molecular weight is 354 g/mol. The smallest absolute Gasteiger partial charge is 0.317 e. The zero-order valence-corrected chi connectivity index (χ0v) is 15.2. The summed E-state index contributed by atoms with van der Waals surface area (Å²) in [5, 5.41) is 2.96. The Morgan fingerprint density at radius 1 is 1.12 bits per heavy atom. The molecule has 0 unspecified atom stereocenters. The zero-order chi connectivity index (χ0) is 18.2. The molecule has 1 aromatic carbocycles. The number of carbonyl (C=O) groups excluding carboxylic acids is 1. The molecule has 1 aliphatic rings. The highest BCUT2D eigenvalue weighted by Crippen LogP contribution is 2.13. The molecule has 2 aromatic rings. The molecule has 0 bridgehead atoms. The number of rotatable bonds is 6. The first-order chi connectivity index (χ1) is 12.8. The summed E-state index contributed by atoms with van der Waals surface area (Å²) in [5.41, 5.74) is 2.24. The lowest BCUT2D eigenvalue weighted by atomic mass is 10.1. The molecule has 0 spiro atoms. The number of piperazine rings is 1. The van der Waals surface area contributed by atoms with Gasteiger partial charge in [0.25, 0.3) is 0 Å². The van der Waals surface area contributed by atoms with Gasteiger partial charge in [0.05, 0.1) is 7.11 Å². The Morgan fingerprint density at radius 3 is 2.62 bits per heavy atom. The van der Waals surface area contributed by atoms with Crippen LogP contribution in [0.1, 0.15) is 11.1 Å². The van der Waals surface area contributed by atoms with Crippen molar-refractivity contribution < 1.29 is 9.53 Å². The Hall–Kier alpha value is -2.60. The SMILES string of the molecule is COc1ncccc1CNC(=O)N1CCN(CCc2ccccc2)CC1. The lowest BCUT2D eigenvalue weighted by Gasteiger charge is -2.34. The highest BCUT2D eigenvalue weighted by atomic mass is 16.5. The number of hydrogen-bond donors (Lipinski definition) is 1. The topological polar surface area (TPSA) is 57.7 Å². The number of carbonyl (C=O) groups is 1. The maximum Gasteiger partial charge on any atom is 0.317 e. The molecule has 0 saturated carbocycles. The van der Waals surface area contributed by atoms with E-state index in [-0.39, 0.29) is 6.03 Å². The van der Waals surface area contributed by atoms with Gasteiger partial charge in [-0.2, -0.15) is 0 Å². The van der Waals surface area contributed by atoms with E-state index in [9.17, 15) is 4.79 Å². The number of methoxy groups -OCH3 is 1. The Morgan fingerprint density at radius 2 is 1.88 bits per heavy atom. The molecule has 0 atom stereocenters.